The van der Waals surface area contributed by atoms with Gasteiger partial charge in [0.05, 0.1) is 6.20 Å². The number of hydrogen-bond acceptors (Lipinski definition) is 4. The Hall–Kier alpha value is -2.50. The van der Waals surface area contributed by atoms with Crippen LogP contribution in [-0.4, -0.2) is 53.0 Å². The molecule has 1 atom stereocenters. The number of rotatable bonds is 8. The molecule has 0 bridgehead atoms. The number of aromatic nitrogens is 2. The number of nitrogens with one attached hydrogen (secondary N) is 1. The Morgan fingerprint density at radius 3 is 2.64 bits per heavy atom. The summed E-state index contributed by atoms with van der Waals surface area (Å²) in [6.45, 7) is 12.3. The van der Waals surface area contributed by atoms with E-state index in [9.17, 15) is 4.79 Å². The first-order chi connectivity index (χ1) is 16.2. The molecule has 0 aliphatic carbocycles. The zero-order chi connectivity index (χ0) is 23.5. The maximum atomic E-state index is 11.0. The third-order valence-electron chi connectivity index (χ3n) is 6.61. The summed E-state index contributed by atoms with van der Waals surface area (Å²) in [5.41, 5.74) is 1.68. The molecule has 0 spiro atoms. The van der Waals surface area contributed by atoms with Crippen LogP contribution in [0.4, 0.5) is 0 Å². The van der Waals surface area contributed by atoms with E-state index >= 15 is 0 Å². The number of benzene rings is 2. The van der Waals surface area contributed by atoms with Crippen LogP contribution in [0.3, 0.4) is 0 Å². The van der Waals surface area contributed by atoms with Gasteiger partial charge in [0, 0.05) is 31.2 Å². The number of hydrogen-bond donors (Lipinski definition) is 1. The summed E-state index contributed by atoms with van der Waals surface area (Å²) in [6.07, 6.45) is 9.25. The molecule has 0 amide bonds. The van der Waals surface area contributed by atoms with E-state index in [1.165, 1.54) is 63.7 Å². The molecule has 5 nitrogen and oxygen atoms in total. The molecule has 0 radical (unpaired) electrons. The van der Waals surface area contributed by atoms with E-state index in [0.717, 1.165) is 35.6 Å². The first-order valence-corrected chi connectivity index (χ1v) is 12.7. The first-order valence-electron chi connectivity index (χ1n) is 12.7. The Balaban J connectivity index is 0.000000196. The van der Waals surface area contributed by atoms with Crippen LogP contribution in [0.2, 0.25) is 0 Å². The van der Waals surface area contributed by atoms with Crippen molar-refractivity contribution < 1.29 is 4.79 Å². The summed E-state index contributed by atoms with van der Waals surface area (Å²) in [5.74, 6) is 0.849. The van der Waals surface area contributed by atoms with Gasteiger partial charge in [0.25, 0.3) is 0 Å². The number of imidazole rings is 1. The zero-order valence-electron chi connectivity index (χ0n) is 20.6. The SMILES string of the molecule is CCCCC(CC)N1CCCNCC1.CCn1c(C=O)cnc1-c1cccc2ccccc12. The average Bonchev–Trinajstić information content (AvgIpc) is 3.09. The summed E-state index contributed by atoms with van der Waals surface area (Å²) in [4.78, 5) is 18.1. The van der Waals surface area contributed by atoms with E-state index in [1.807, 2.05) is 35.8 Å². The zero-order valence-corrected chi connectivity index (χ0v) is 20.6. The van der Waals surface area contributed by atoms with Gasteiger partial charge in [-0.15, -0.1) is 0 Å². The third-order valence-corrected chi connectivity index (χ3v) is 6.61. The van der Waals surface area contributed by atoms with E-state index in [2.05, 4.69) is 47.2 Å². The summed E-state index contributed by atoms with van der Waals surface area (Å²) in [5, 5.41) is 5.80. The van der Waals surface area contributed by atoms with Gasteiger partial charge in [-0.25, -0.2) is 4.98 Å². The highest BCUT2D eigenvalue weighted by Gasteiger charge is 2.17. The first kappa shape index (κ1) is 25.1. The summed E-state index contributed by atoms with van der Waals surface area (Å²) >= 11 is 0. The van der Waals surface area contributed by atoms with Crippen molar-refractivity contribution in [3.63, 3.8) is 0 Å². The number of unbranched alkanes of at least 4 members (excludes halogenated alkanes) is 1. The minimum atomic E-state index is 0.616. The molecule has 0 saturated carbocycles. The molecule has 33 heavy (non-hydrogen) atoms. The second-order valence-corrected chi connectivity index (χ2v) is 8.74. The van der Waals surface area contributed by atoms with Crippen molar-refractivity contribution in [1.29, 1.82) is 0 Å². The van der Waals surface area contributed by atoms with Crippen LogP contribution in [0.1, 0.15) is 63.4 Å². The number of carbonyl (C=O) groups is 1. The van der Waals surface area contributed by atoms with Crippen molar-refractivity contribution in [3.8, 4) is 11.4 Å². The summed E-state index contributed by atoms with van der Waals surface area (Å²) in [7, 11) is 0. The monoisotopic (exact) mass is 448 g/mol. The third kappa shape index (κ3) is 6.52. The van der Waals surface area contributed by atoms with Crippen molar-refractivity contribution in [1.82, 2.24) is 19.8 Å². The second kappa shape index (κ2) is 13.3. The maximum absolute atomic E-state index is 11.0. The molecule has 3 aromatic rings. The lowest BCUT2D eigenvalue weighted by Gasteiger charge is -2.29. The summed E-state index contributed by atoms with van der Waals surface area (Å²) < 4.78 is 1.94. The molecular weight excluding hydrogens is 408 g/mol. The van der Waals surface area contributed by atoms with Crippen LogP contribution >= 0.6 is 0 Å². The molecule has 1 unspecified atom stereocenters. The Bertz CT molecular complexity index is 983. The van der Waals surface area contributed by atoms with Gasteiger partial charge in [-0.05, 0) is 50.0 Å². The molecule has 5 heteroatoms. The predicted octanol–water partition coefficient (Wildman–Crippen LogP) is 5.79. The van der Waals surface area contributed by atoms with Gasteiger partial charge >= 0.3 is 0 Å². The van der Waals surface area contributed by atoms with Crippen LogP contribution in [0.15, 0.2) is 48.7 Å². The van der Waals surface area contributed by atoms with E-state index in [0.29, 0.717) is 5.69 Å². The van der Waals surface area contributed by atoms with Gasteiger partial charge in [-0.1, -0.05) is 69.2 Å². The van der Waals surface area contributed by atoms with Crippen LogP contribution in [0, 0.1) is 0 Å². The molecule has 178 valence electrons. The quantitative estimate of drug-likeness (QED) is 0.443. The van der Waals surface area contributed by atoms with Gasteiger partial charge in [-0.2, -0.15) is 0 Å². The van der Waals surface area contributed by atoms with Crippen LogP contribution in [0.5, 0.6) is 0 Å². The van der Waals surface area contributed by atoms with Crippen LogP contribution in [-0.2, 0) is 6.54 Å². The Labute approximate surface area is 199 Å². The maximum Gasteiger partial charge on any atom is 0.168 e. The van der Waals surface area contributed by atoms with Crippen molar-refractivity contribution in [2.45, 2.75) is 65.5 Å². The molecule has 1 N–H and O–H groups in total. The molecule has 2 aromatic carbocycles. The number of carbonyl (C=O) groups excluding carboxylic acids is 1. The van der Waals surface area contributed by atoms with Crippen molar-refractivity contribution in [2.75, 3.05) is 26.2 Å². The van der Waals surface area contributed by atoms with Gasteiger partial charge in [-0.3, -0.25) is 9.69 Å². The number of nitrogens with zero attached hydrogens (tertiary/aromatic N) is 3. The molecule has 4 rings (SSSR count). The molecule has 1 aliphatic rings. The van der Waals surface area contributed by atoms with E-state index in [1.54, 1.807) is 6.20 Å². The molecular formula is C28H40N4O. The molecule has 1 aliphatic heterocycles. The van der Waals surface area contributed by atoms with Crippen LogP contribution in [0.25, 0.3) is 22.2 Å². The average molecular weight is 449 g/mol. The molecule has 2 heterocycles. The van der Waals surface area contributed by atoms with Gasteiger partial charge < -0.3 is 9.88 Å². The Morgan fingerprint density at radius 1 is 1.06 bits per heavy atom. The molecule has 1 saturated heterocycles. The minimum Gasteiger partial charge on any atom is -0.322 e. The fourth-order valence-electron chi connectivity index (χ4n) is 4.77. The Kier molecular flexibility index (Phi) is 10.1. The number of aldehydes is 1. The second-order valence-electron chi connectivity index (χ2n) is 8.74. The Morgan fingerprint density at radius 2 is 1.88 bits per heavy atom. The standard InChI is InChI=1S/C16H14N2O.C12H26N2/c1-2-18-13(11-19)10-17-16(18)15-9-5-7-12-6-3-4-8-14(12)15;1-3-5-7-12(4-2)14-10-6-8-13-9-11-14/h3-11H,2H2,1H3;12-13H,3-11H2,1-2H3. The largest absolute Gasteiger partial charge is 0.322 e. The lowest BCUT2D eigenvalue weighted by Crippen LogP contribution is -2.37. The fraction of sp³-hybridized carbons (Fsp3) is 0.500. The van der Waals surface area contributed by atoms with Gasteiger partial charge in [0.15, 0.2) is 6.29 Å². The van der Waals surface area contributed by atoms with Gasteiger partial charge in [0.2, 0.25) is 0 Å². The topological polar surface area (TPSA) is 50.2 Å². The van der Waals surface area contributed by atoms with Crippen molar-refractivity contribution in [3.05, 3.63) is 54.4 Å². The lowest BCUT2D eigenvalue weighted by atomic mass is 10.0. The number of fused-ring (bicyclic) bond motifs is 1. The highest BCUT2D eigenvalue weighted by molar-refractivity contribution is 5.95. The van der Waals surface area contributed by atoms with Crippen LogP contribution < -0.4 is 5.32 Å². The van der Waals surface area contributed by atoms with E-state index in [4.69, 9.17) is 0 Å². The normalized spacial score (nSPS) is 15.5. The highest BCUT2D eigenvalue weighted by Crippen LogP contribution is 2.28. The van der Waals surface area contributed by atoms with E-state index in [-0.39, 0.29) is 0 Å². The van der Waals surface area contributed by atoms with Crippen molar-refractivity contribution in [2.24, 2.45) is 0 Å². The minimum absolute atomic E-state index is 0.616. The molecule has 1 aromatic heterocycles. The smallest absolute Gasteiger partial charge is 0.168 e. The van der Waals surface area contributed by atoms with E-state index < -0.39 is 0 Å². The molecule has 1 fully saturated rings. The fourth-order valence-corrected chi connectivity index (χ4v) is 4.77. The van der Waals surface area contributed by atoms with Crippen molar-refractivity contribution >= 4 is 17.1 Å². The summed E-state index contributed by atoms with van der Waals surface area (Å²) in [6, 6.07) is 15.2. The lowest BCUT2D eigenvalue weighted by molar-refractivity contribution is 0.111. The predicted molar refractivity (Wildman–Crippen MR) is 139 cm³/mol. The van der Waals surface area contributed by atoms with Gasteiger partial charge in [0.1, 0.15) is 11.5 Å². The highest BCUT2D eigenvalue weighted by atomic mass is 16.1.